The zero-order valence-electron chi connectivity index (χ0n) is 9.12. The zero-order valence-corrected chi connectivity index (χ0v) is 10.7. The van der Waals surface area contributed by atoms with E-state index in [4.69, 9.17) is 0 Å². The van der Waals surface area contributed by atoms with Crippen LogP contribution in [0.1, 0.15) is 5.56 Å². The van der Waals surface area contributed by atoms with Crippen molar-refractivity contribution in [3.63, 3.8) is 0 Å². The SMILES string of the molecule is C=CCc1cn(CC=C)c2ccc(Br)cc12. The molecule has 0 saturated carbocycles. The molecule has 0 N–H and O–H groups in total. The largest absolute Gasteiger partial charge is 0.343 e. The molecule has 0 atom stereocenters. The highest BCUT2D eigenvalue weighted by molar-refractivity contribution is 9.10. The fourth-order valence-corrected chi connectivity index (χ4v) is 2.31. The Morgan fingerprint density at radius 3 is 2.75 bits per heavy atom. The quantitative estimate of drug-likeness (QED) is 0.733. The predicted octanol–water partition coefficient (Wildman–Crippen LogP) is 4.32. The third-order valence-corrected chi connectivity index (χ3v) is 3.11. The van der Waals surface area contributed by atoms with E-state index in [0.717, 1.165) is 17.4 Å². The average molecular weight is 276 g/mol. The van der Waals surface area contributed by atoms with Crippen molar-refractivity contribution in [1.29, 1.82) is 0 Å². The van der Waals surface area contributed by atoms with Gasteiger partial charge in [0, 0.05) is 28.1 Å². The molecule has 1 aromatic carbocycles. The van der Waals surface area contributed by atoms with E-state index in [9.17, 15) is 0 Å². The minimum atomic E-state index is 0.843. The molecule has 0 spiro atoms. The molecule has 0 aliphatic carbocycles. The minimum absolute atomic E-state index is 0.843. The number of hydrogen-bond acceptors (Lipinski definition) is 0. The number of hydrogen-bond donors (Lipinski definition) is 0. The van der Waals surface area contributed by atoms with E-state index in [2.05, 4.69) is 58.1 Å². The minimum Gasteiger partial charge on any atom is -0.343 e. The highest BCUT2D eigenvalue weighted by Gasteiger charge is 2.06. The van der Waals surface area contributed by atoms with Crippen LogP contribution < -0.4 is 0 Å². The van der Waals surface area contributed by atoms with E-state index >= 15 is 0 Å². The van der Waals surface area contributed by atoms with Gasteiger partial charge in [-0.3, -0.25) is 0 Å². The lowest BCUT2D eigenvalue weighted by molar-refractivity contribution is 0.860. The summed E-state index contributed by atoms with van der Waals surface area (Å²) in [7, 11) is 0. The van der Waals surface area contributed by atoms with Gasteiger partial charge in [0.15, 0.2) is 0 Å². The van der Waals surface area contributed by atoms with Gasteiger partial charge in [0.25, 0.3) is 0 Å². The molecule has 2 heteroatoms. The maximum absolute atomic E-state index is 3.80. The normalized spacial score (nSPS) is 10.6. The third kappa shape index (κ3) is 1.98. The summed E-state index contributed by atoms with van der Waals surface area (Å²) in [5.41, 5.74) is 2.56. The van der Waals surface area contributed by atoms with Crippen molar-refractivity contribution < 1.29 is 0 Å². The number of fused-ring (bicyclic) bond motifs is 1. The van der Waals surface area contributed by atoms with Gasteiger partial charge in [0.05, 0.1) is 0 Å². The lowest BCUT2D eigenvalue weighted by Crippen LogP contribution is -1.91. The van der Waals surface area contributed by atoms with E-state index in [-0.39, 0.29) is 0 Å². The molecule has 1 aromatic heterocycles. The molecule has 16 heavy (non-hydrogen) atoms. The van der Waals surface area contributed by atoms with Gasteiger partial charge in [-0.25, -0.2) is 0 Å². The van der Waals surface area contributed by atoms with Crippen molar-refractivity contribution in [2.75, 3.05) is 0 Å². The zero-order chi connectivity index (χ0) is 11.5. The van der Waals surface area contributed by atoms with Crippen LogP contribution in [-0.2, 0) is 13.0 Å². The van der Waals surface area contributed by atoms with Gasteiger partial charge in [-0.2, -0.15) is 0 Å². The van der Waals surface area contributed by atoms with E-state index < -0.39 is 0 Å². The Morgan fingerprint density at radius 1 is 1.25 bits per heavy atom. The second-order valence-electron chi connectivity index (χ2n) is 3.75. The Labute approximate surface area is 104 Å². The van der Waals surface area contributed by atoms with Gasteiger partial charge >= 0.3 is 0 Å². The van der Waals surface area contributed by atoms with E-state index in [0.29, 0.717) is 0 Å². The first kappa shape index (κ1) is 11.2. The second kappa shape index (κ2) is 4.71. The molecular weight excluding hydrogens is 262 g/mol. The highest BCUT2D eigenvalue weighted by Crippen LogP contribution is 2.25. The van der Waals surface area contributed by atoms with E-state index in [1.165, 1.54) is 16.5 Å². The standard InChI is InChI=1S/C14H14BrN/c1-3-5-11-10-16(8-4-2)14-7-6-12(15)9-13(11)14/h3-4,6-7,9-10H,1-2,5,8H2. The van der Waals surface area contributed by atoms with Crippen molar-refractivity contribution in [2.45, 2.75) is 13.0 Å². The molecule has 2 aromatic rings. The summed E-state index contributed by atoms with van der Waals surface area (Å²) < 4.78 is 3.33. The summed E-state index contributed by atoms with van der Waals surface area (Å²) in [6.45, 7) is 8.43. The van der Waals surface area contributed by atoms with Gasteiger partial charge in [-0.1, -0.05) is 28.1 Å². The van der Waals surface area contributed by atoms with Crippen LogP contribution in [-0.4, -0.2) is 4.57 Å². The summed E-state index contributed by atoms with van der Waals surface area (Å²) in [6.07, 6.45) is 6.94. The monoisotopic (exact) mass is 275 g/mol. The van der Waals surface area contributed by atoms with Crippen LogP contribution in [0.5, 0.6) is 0 Å². The van der Waals surface area contributed by atoms with Gasteiger partial charge in [0.2, 0.25) is 0 Å². The van der Waals surface area contributed by atoms with Gasteiger partial charge in [-0.05, 0) is 30.2 Å². The van der Waals surface area contributed by atoms with Crippen LogP contribution in [0.4, 0.5) is 0 Å². The van der Waals surface area contributed by atoms with Crippen molar-refractivity contribution in [3.05, 3.63) is 59.7 Å². The molecule has 82 valence electrons. The summed E-state index contributed by atoms with van der Waals surface area (Å²) in [5.74, 6) is 0. The maximum Gasteiger partial charge on any atom is 0.0487 e. The lowest BCUT2D eigenvalue weighted by Gasteiger charge is -2.00. The average Bonchev–Trinajstić information content (AvgIpc) is 2.58. The topological polar surface area (TPSA) is 4.93 Å². The predicted molar refractivity (Wildman–Crippen MR) is 73.7 cm³/mol. The van der Waals surface area contributed by atoms with E-state index in [1.807, 2.05) is 12.2 Å². The molecule has 0 aliphatic heterocycles. The number of rotatable bonds is 4. The Hall–Kier alpha value is -1.28. The van der Waals surface area contributed by atoms with Crippen molar-refractivity contribution in [2.24, 2.45) is 0 Å². The lowest BCUT2D eigenvalue weighted by atomic mass is 10.1. The van der Waals surface area contributed by atoms with Gasteiger partial charge in [-0.15, -0.1) is 13.2 Å². The van der Waals surface area contributed by atoms with Crippen LogP contribution in [0.15, 0.2) is 54.2 Å². The van der Waals surface area contributed by atoms with Crippen molar-refractivity contribution in [3.8, 4) is 0 Å². The Kier molecular flexibility index (Phi) is 3.30. The van der Waals surface area contributed by atoms with Gasteiger partial charge < -0.3 is 4.57 Å². The van der Waals surface area contributed by atoms with Crippen molar-refractivity contribution >= 4 is 26.8 Å². The number of halogens is 1. The Balaban J connectivity index is 2.65. The number of aromatic nitrogens is 1. The summed E-state index contributed by atoms with van der Waals surface area (Å²) in [4.78, 5) is 0. The second-order valence-corrected chi connectivity index (χ2v) is 4.67. The Morgan fingerprint density at radius 2 is 2.06 bits per heavy atom. The van der Waals surface area contributed by atoms with Crippen LogP contribution in [0.2, 0.25) is 0 Å². The molecule has 1 heterocycles. The molecule has 0 bridgehead atoms. The van der Waals surface area contributed by atoms with Crippen LogP contribution in [0.25, 0.3) is 10.9 Å². The maximum atomic E-state index is 3.80. The molecule has 0 amide bonds. The fourth-order valence-electron chi connectivity index (χ4n) is 1.95. The van der Waals surface area contributed by atoms with Crippen molar-refractivity contribution in [1.82, 2.24) is 4.57 Å². The molecule has 0 unspecified atom stereocenters. The smallest absolute Gasteiger partial charge is 0.0487 e. The number of nitrogens with zero attached hydrogens (tertiary/aromatic N) is 1. The molecule has 0 aliphatic rings. The van der Waals surface area contributed by atoms with Gasteiger partial charge in [0.1, 0.15) is 0 Å². The fraction of sp³-hybridized carbons (Fsp3) is 0.143. The first-order valence-corrected chi connectivity index (χ1v) is 6.04. The van der Waals surface area contributed by atoms with Crippen LogP contribution in [0.3, 0.4) is 0 Å². The van der Waals surface area contributed by atoms with Crippen LogP contribution in [0, 0.1) is 0 Å². The molecule has 0 radical (unpaired) electrons. The highest BCUT2D eigenvalue weighted by atomic mass is 79.9. The molecule has 0 saturated heterocycles. The van der Waals surface area contributed by atoms with Crippen LogP contribution >= 0.6 is 15.9 Å². The number of benzene rings is 1. The summed E-state index contributed by atoms with van der Waals surface area (Å²) >= 11 is 3.51. The summed E-state index contributed by atoms with van der Waals surface area (Å²) in [5, 5.41) is 1.29. The first-order chi connectivity index (χ1) is 7.76. The Bertz CT molecular complexity index is 537. The number of allylic oxidation sites excluding steroid dienone is 2. The molecule has 1 nitrogen and oxygen atoms in total. The summed E-state index contributed by atoms with van der Waals surface area (Å²) in [6, 6.07) is 6.36. The molecular formula is C14H14BrN. The van der Waals surface area contributed by atoms with E-state index in [1.54, 1.807) is 0 Å². The third-order valence-electron chi connectivity index (χ3n) is 2.62. The first-order valence-electron chi connectivity index (χ1n) is 5.25. The molecule has 2 rings (SSSR count). The molecule has 0 fully saturated rings.